The summed E-state index contributed by atoms with van der Waals surface area (Å²) in [5, 5.41) is 2.50. The van der Waals surface area contributed by atoms with E-state index < -0.39 is 8.07 Å². The molecule has 0 N–H and O–H groups in total. The number of hydrogen-bond acceptors (Lipinski definition) is 3. The van der Waals surface area contributed by atoms with E-state index in [1.807, 2.05) is 24.4 Å². The van der Waals surface area contributed by atoms with Crippen LogP contribution in [0.1, 0.15) is 26.3 Å². The van der Waals surface area contributed by atoms with Gasteiger partial charge in [0.25, 0.3) is 0 Å². The van der Waals surface area contributed by atoms with E-state index in [4.69, 9.17) is 15.0 Å². The Bertz CT molecular complexity index is 2780. The molecule has 0 spiro atoms. The van der Waals surface area contributed by atoms with Gasteiger partial charge in [0, 0.05) is 17.3 Å². The van der Waals surface area contributed by atoms with Gasteiger partial charge >= 0.3 is 21.1 Å². The smallest absolute Gasteiger partial charge is 0.295 e. The van der Waals surface area contributed by atoms with E-state index in [2.05, 4.69) is 152 Å². The first-order valence-corrected chi connectivity index (χ1v) is 20.7. The molecule has 51 heavy (non-hydrogen) atoms. The predicted molar refractivity (Wildman–Crippen MR) is 210 cm³/mol. The molecule has 0 saturated heterocycles. The van der Waals surface area contributed by atoms with E-state index in [0.29, 0.717) is 0 Å². The number of aromatic nitrogens is 5. The summed E-state index contributed by atoms with van der Waals surface area (Å²) < 4.78 is 4.50. The summed E-state index contributed by atoms with van der Waals surface area (Å²) >= 11 is 0. The molecule has 0 aliphatic carbocycles. The molecule has 0 radical (unpaired) electrons. The van der Waals surface area contributed by atoms with Crippen LogP contribution in [-0.2, 0) is 26.5 Å². The van der Waals surface area contributed by atoms with E-state index in [-0.39, 0.29) is 26.5 Å². The van der Waals surface area contributed by atoms with Gasteiger partial charge in [-0.05, 0) is 51.8 Å². The van der Waals surface area contributed by atoms with Crippen LogP contribution in [0, 0.1) is 12.1 Å². The maximum atomic E-state index is 5.47. The summed E-state index contributed by atoms with van der Waals surface area (Å²) in [5.74, 6) is 0.831. The van der Waals surface area contributed by atoms with Gasteiger partial charge in [0.1, 0.15) is 5.65 Å². The van der Waals surface area contributed by atoms with E-state index in [0.717, 1.165) is 77.9 Å². The van der Waals surface area contributed by atoms with Crippen LogP contribution in [0.15, 0.2) is 115 Å². The van der Waals surface area contributed by atoms with Crippen molar-refractivity contribution in [2.24, 2.45) is 0 Å². The average molecular weight is 859 g/mol. The van der Waals surface area contributed by atoms with Crippen molar-refractivity contribution in [1.82, 2.24) is 23.8 Å². The van der Waals surface area contributed by atoms with Gasteiger partial charge in [-0.2, -0.15) is 18.2 Å². The van der Waals surface area contributed by atoms with Gasteiger partial charge in [-0.15, -0.1) is 35.4 Å². The monoisotopic (exact) mass is 858 g/mol. The van der Waals surface area contributed by atoms with Crippen LogP contribution in [0.2, 0.25) is 19.6 Å². The Morgan fingerprint density at radius 2 is 1.51 bits per heavy atom. The second-order valence-corrected chi connectivity index (χ2v) is 20.4. The minimum Gasteiger partial charge on any atom is -0.295 e. The van der Waals surface area contributed by atoms with Gasteiger partial charge in [-0.1, -0.05) is 111 Å². The van der Waals surface area contributed by atoms with Crippen molar-refractivity contribution in [3.05, 3.63) is 133 Å². The minimum absolute atomic E-state index is 0. The topological polar surface area (TPSA) is 47.5 Å². The van der Waals surface area contributed by atoms with Crippen LogP contribution >= 0.6 is 0 Å². The molecule has 9 rings (SSSR count). The number of para-hydroxylation sites is 2. The SMILES string of the molecule is CC(C)(C)c1cc(-c2cc(-c3ccccc3)ccn2)[c-]c(-c2cccc3c2nc2n3c3cc([Si](C)(C)C)ccc3c3nc4ccc[c-]c4n32)c1.[Pt+2]. The fraction of sp³-hybridized carbons (Fsp3) is 0.159. The van der Waals surface area contributed by atoms with Crippen LogP contribution < -0.4 is 5.19 Å². The van der Waals surface area contributed by atoms with Crippen molar-refractivity contribution in [3.63, 3.8) is 0 Å². The first-order chi connectivity index (χ1) is 24.0. The molecule has 252 valence electrons. The fourth-order valence-corrected chi connectivity index (χ4v) is 8.23. The van der Waals surface area contributed by atoms with Gasteiger partial charge in [0.2, 0.25) is 5.78 Å². The molecule has 4 heterocycles. The molecule has 7 heteroatoms. The van der Waals surface area contributed by atoms with Gasteiger partial charge in [-0.25, -0.2) is 4.98 Å². The van der Waals surface area contributed by atoms with Crippen molar-refractivity contribution >= 4 is 57.7 Å². The van der Waals surface area contributed by atoms with Crippen LogP contribution in [0.4, 0.5) is 0 Å². The standard InChI is InChI=1S/C44H37N5Si.Pt/c1-44(2,3)32-24-30(23-31(25-32)37-26-29(21-22-45-37)28-13-8-7-9-14-28)34-15-12-18-39-41(34)47-43-48(39)40-27-33(50(4,5)6)19-20-35(40)42-46-36-16-10-11-17-38(36)49(42)43;/h7-16,18-22,24-27H,1-6H3;/q-2;+2. The number of fused-ring (bicyclic) bond motifs is 10. The largest absolute Gasteiger partial charge is 2.00 e. The molecular weight excluding hydrogens is 822 g/mol. The molecule has 0 aliphatic heterocycles. The van der Waals surface area contributed by atoms with Crippen molar-refractivity contribution in [2.75, 3.05) is 0 Å². The number of rotatable bonds is 4. The average Bonchev–Trinajstić information content (AvgIpc) is 3.70. The zero-order valence-corrected chi connectivity index (χ0v) is 32.8. The zero-order chi connectivity index (χ0) is 34.4. The fourth-order valence-electron chi connectivity index (χ4n) is 7.07. The Morgan fingerprint density at radius 1 is 0.706 bits per heavy atom. The Kier molecular flexibility index (Phi) is 7.89. The Labute approximate surface area is 313 Å². The summed E-state index contributed by atoms with van der Waals surface area (Å²) in [5.41, 5.74) is 13.2. The molecule has 9 aromatic rings. The third-order valence-corrected chi connectivity index (χ3v) is 11.9. The quantitative estimate of drug-likeness (QED) is 0.131. The zero-order valence-electron chi connectivity index (χ0n) is 29.5. The molecule has 4 aromatic heterocycles. The van der Waals surface area contributed by atoms with E-state index in [1.165, 1.54) is 10.8 Å². The maximum Gasteiger partial charge on any atom is 2.00 e. The van der Waals surface area contributed by atoms with Crippen LogP contribution in [0.3, 0.4) is 0 Å². The number of nitrogens with zero attached hydrogens (tertiary/aromatic N) is 5. The predicted octanol–water partition coefficient (Wildman–Crippen LogP) is 10.3. The van der Waals surface area contributed by atoms with Gasteiger partial charge in [-0.3, -0.25) is 18.8 Å². The molecule has 5 nitrogen and oxygen atoms in total. The maximum absolute atomic E-state index is 5.47. The first-order valence-electron chi connectivity index (χ1n) is 17.2. The number of imidazole rings is 2. The van der Waals surface area contributed by atoms with Crippen LogP contribution in [0.25, 0.3) is 77.9 Å². The van der Waals surface area contributed by atoms with E-state index in [1.54, 1.807) is 0 Å². The number of benzene rings is 5. The molecule has 0 unspecified atom stereocenters. The summed E-state index contributed by atoms with van der Waals surface area (Å²) in [4.78, 5) is 15.4. The molecule has 0 atom stereocenters. The third kappa shape index (κ3) is 5.53. The van der Waals surface area contributed by atoms with Crippen molar-refractivity contribution < 1.29 is 21.1 Å². The summed E-state index contributed by atoms with van der Waals surface area (Å²) in [7, 11) is -1.61. The second kappa shape index (κ2) is 12.1. The number of pyridine rings is 1. The van der Waals surface area contributed by atoms with Crippen LogP contribution in [0.5, 0.6) is 0 Å². The van der Waals surface area contributed by atoms with Crippen molar-refractivity contribution in [3.8, 4) is 33.5 Å². The molecule has 0 amide bonds. The molecule has 0 saturated carbocycles. The van der Waals surface area contributed by atoms with E-state index >= 15 is 0 Å². The molecule has 5 aromatic carbocycles. The summed E-state index contributed by atoms with van der Waals surface area (Å²) in [6.07, 6.45) is 1.90. The first kappa shape index (κ1) is 33.3. The second-order valence-electron chi connectivity index (χ2n) is 15.3. The van der Waals surface area contributed by atoms with Crippen molar-refractivity contribution in [2.45, 2.75) is 45.8 Å². The van der Waals surface area contributed by atoms with Crippen molar-refractivity contribution in [1.29, 1.82) is 0 Å². The third-order valence-electron chi connectivity index (χ3n) is 9.86. The van der Waals surface area contributed by atoms with E-state index in [9.17, 15) is 0 Å². The molecule has 0 fully saturated rings. The minimum atomic E-state index is -1.61. The van der Waals surface area contributed by atoms with Crippen LogP contribution in [-0.4, -0.2) is 31.8 Å². The normalized spacial score (nSPS) is 12.4. The Balaban J connectivity index is 0.00000374. The summed E-state index contributed by atoms with van der Waals surface area (Å²) in [6, 6.07) is 45.9. The number of hydrogen-bond donors (Lipinski definition) is 0. The molecule has 0 bridgehead atoms. The Hall–Kier alpha value is -4.90. The van der Waals surface area contributed by atoms with Gasteiger partial charge in [0.05, 0.1) is 24.6 Å². The Morgan fingerprint density at radius 3 is 2.29 bits per heavy atom. The molecule has 0 aliphatic rings. The summed E-state index contributed by atoms with van der Waals surface area (Å²) in [6.45, 7) is 14.0. The van der Waals surface area contributed by atoms with Gasteiger partial charge in [0.15, 0.2) is 0 Å². The molecular formula is C44H37N5PtSi. The van der Waals surface area contributed by atoms with Gasteiger partial charge < -0.3 is 0 Å².